The van der Waals surface area contributed by atoms with Crippen molar-refractivity contribution in [1.29, 1.82) is 0 Å². The number of hydrogen-bond acceptors (Lipinski definition) is 5. The summed E-state index contributed by atoms with van der Waals surface area (Å²) in [6.07, 6.45) is 0. The highest BCUT2D eigenvalue weighted by Gasteiger charge is 2.17. The number of Topliss-reactive ketones (excluding diaryl/α,β-unsaturated/α-hetero) is 1. The Labute approximate surface area is 131 Å². The fraction of sp³-hybridized carbons (Fsp3) is 0.176. The molecule has 0 fully saturated rings. The molecule has 0 aliphatic heterocycles. The Hall–Kier alpha value is -2.40. The molecule has 0 radical (unpaired) electrons. The summed E-state index contributed by atoms with van der Waals surface area (Å²) in [5.74, 6) is -0.729. The first kappa shape index (κ1) is 14.5. The van der Waals surface area contributed by atoms with Gasteiger partial charge in [0.2, 0.25) is 11.5 Å². The van der Waals surface area contributed by atoms with Crippen LogP contribution in [0.15, 0.2) is 40.8 Å². The van der Waals surface area contributed by atoms with Crippen molar-refractivity contribution in [2.24, 2.45) is 0 Å². The van der Waals surface area contributed by atoms with Gasteiger partial charge in [-0.2, -0.15) is 0 Å². The molecule has 3 rings (SSSR count). The zero-order valence-electron chi connectivity index (χ0n) is 12.2. The van der Waals surface area contributed by atoms with Gasteiger partial charge in [-0.25, -0.2) is 4.79 Å². The molecule has 0 amide bonds. The lowest BCUT2D eigenvalue weighted by molar-refractivity contribution is 0.0446. The third-order valence-electron chi connectivity index (χ3n) is 3.30. The molecule has 22 heavy (non-hydrogen) atoms. The molecule has 2 aromatic heterocycles. The highest BCUT2D eigenvalue weighted by atomic mass is 32.1. The second kappa shape index (κ2) is 5.77. The molecule has 112 valence electrons. The van der Waals surface area contributed by atoms with Gasteiger partial charge in [-0.05, 0) is 32.0 Å². The summed E-state index contributed by atoms with van der Waals surface area (Å²) in [6.45, 7) is 3.54. The Morgan fingerprint density at radius 1 is 1.18 bits per heavy atom. The van der Waals surface area contributed by atoms with E-state index in [1.807, 2.05) is 38.1 Å². The van der Waals surface area contributed by atoms with Crippen LogP contribution in [0.5, 0.6) is 0 Å². The Balaban J connectivity index is 1.69. The average Bonchev–Trinajstić information content (AvgIpc) is 3.07. The normalized spacial score (nSPS) is 10.8. The Kier molecular flexibility index (Phi) is 3.81. The molecule has 0 bridgehead atoms. The lowest BCUT2D eigenvalue weighted by Crippen LogP contribution is -2.14. The van der Waals surface area contributed by atoms with E-state index in [0.29, 0.717) is 11.1 Å². The van der Waals surface area contributed by atoms with Crippen LogP contribution in [0.1, 0.15) is 30.7 Å². The van der Waals surface area contributed by atoms with Crippen molar-refractivity contribution in [2.45, 2.75) is 13.8 Å². The maximum atomic E-state index is 12.1. The SMILES string of the molecule is Cc1cc(C(=O)COC(=O)c2cc3ccccc3o2)c(C)s1. The van der Waals surface area contributed by atoms with Gasteiger partial charge in [-0.1, -0.05) is 18.2 Å². The predicted molar refractivity (Wildman–Crippen MR) is 84.6 cm³/mol. The van der Waals surface area contributed by atoms with Gasteiger partial charge in [0.25, 0.3) is 0 Å². The number of benzene rings is 1. The topological polar surface area (TPSA) is 56.5 Å². The van der Waals surface area contributed by atoms with Crippen molar-refractivity contribution in [3.05, 3.63) is 57.5 Å². The number of para-hydroxylation sites is 1. The van der Waals surface area contributed by atoms with Gasteiger partial charge in [-0.15, -0.1) is 11.3 Å². The Bertz CT molecular complexity index is 824. The highest BCUT2D eigenvalue weighted by Crippen LogP contribution is 2.22. The summed E-state index contributed by atoms with van der Waals surface area (Å²) < 4.78 is 10.5. The quantitative estimate of drug-likeness (QED) is 0.536. The number of thiophene rings is 1. The van der Waals surface area contributed by atoms with E-state index < -0.39 is 5.97 Å². The molecule has 0 spiro atoms. The van der Waals surface area contributed by atoms with Crippen LogP contribution in [0.4, 0.5) is 0 Å². The largest absolute Gasteiger partial charge is 0.451 e. The second-order valence-corrected chi connectivity index (χ2v) is 6.44. The fourth-order valence-corrected chi connectivity index (χ4v) is 3.21. The minimum atomic E-state index is -0.630. The molecule has 0 unspecified atom stereocenters. The van der Waals surface area contributed by atoms with Crippen LogP contribution in [0.2, 0.25) is 0 Å². The molecule has 5 heteroatoms. The van der Waals surface area contributed by atoms with E-state index in [1.165, 1.54) is 0 Å². The summed E-state index contributed by atoms with van der Waals surface area (Å²) >= 11 is 1.55. The fourth-order valence-electron chi connectivity index (χ4n) is 2.27. The number of carbonyl (C=O) groups excluding carboxylic acids is 2. The summed E-state index contributed by atoms with van der Waals surface area (Å²) in [7, 11) is 0. The maximum Gasteiger partial charge on any atom is 0.374 e. The smallest absolute Gasteiger partial charge is 0.374 e. The molecular weight excluding hydrogens is 300 g/mol. The van der Waals surface area contributed by atoms with Gasteiger partial charge in [0.15, 0.2) is 6.61 Å². The van der Waals surface area contributed by atoms with Gasteiger partial charge in [0.1, 0.15) is 5.58 Å². The molecule has 0 atom stereocenters. The zero-order valence-corrected chi connectivity index (χ0v) is 13.0. The molecule has 4 nitrogen and oxygen atoms in total. The number of carbonyl (C=O) groups is 2. The maximum absolute atomic E-state index is 12.1. The Morgan fingerprint density at radius 3 is 2.64 bits per heavy atom. The Morgan fingerprint density at radius 2 is 1.95 bits per heavy atom. The number of furan rings is 1. The highest BCUT2D eigenvalue weighted by molar-refractivity contribution is 7.12. The van der Waals surface area contributed by atoms with E-state index in [1.54, 1.807) is 23.5 Å². The monoisotopic (exact) mass is 314 g/mol. The molecule has 3 aromatic rings. The van der Waals surface area contributed by atoms with Crippen LogP contribution in [-0.4, -0.2) is 18.4 Å². The van der Waals surface area contributed by atoms with Crippen molar-refractivity contribution in [3.63, 3.8) is 0 Å². The van der Waals surface area contributed by atoms with Crippen molar-refractivity contribution in [2.75, 3.05) is 6.61 Å². The molecule has 0 saturated carbocycles. The van der Waals surface area contributed by atoms with Crippen LogP contribution in [0.25, 0.3) is 11.0 Å². The predicted octanol–water partition coefficient (Wildman–Crippen LogP) is 4.15. The van der Waals surface area contributed by atoms with E-state index in [-0.39, 0.29) is 18.2 Å². The van der Waals surface area contributed by atoms with Crippen molar-refractivity contribution in [1.82, 2.24) is 0 Å². The first-order valence-corrected chi connectivity index (χ1v) is 7.62. The molecule has 0 aliphatic carbocycles. The minimum Gasteiger partial charge on any atom is -0.451 e. The summed E-state index contributed by atoms with van der Waals surface area (Å²) in [5, 5.41) is 0.824. The van der Waals surface area contributed by atoms with Gasteiger partial charge in [-0.3, -0.25) is 4.79 Å². The first-order chi connectivity index (χ1) is 10.5. The van der Waals surface area contributed by atoms with Crippen molar-refractivity contribution >= 4 is 34.1 Å². The van der Waals surface area contributed by atoms with Gasteiger partial charge < -0.3 is 9.15 Å². The number of fused-ring (bicyclic) bond motifs is 1. The van der Waals surface area contributed by atoms with Crippen LogP contribution in [0, 0.1) is 13.8 Å². The molecular formula is C17H14O4S. The summed E-state index contributed by atoms with van der Waals surface area (Å²) in [6, 6.07) is 10.7. The average molecular weight is 314 g/mol. The zero-order chi connectivity index (χ0) is 15.7. The number of rotatable bonds is 4. The van der Waals surface area contributed by atoms with E-state index in [2.05, 4.69) is 0 Å². The van der Waals surface area contributed by atoms with E-state index in [4.69, 9.17) is 9.15 Å². The molecule has 0 aliphatic rings. The second-order valence-electron chi connectivity index (χ2n) is 4.97. The van der Waals surface area contributed by atoms with E-state index in [0.717, 1.165) is 15.1 Å². The number of ketones is 1. The van der Waals surface area contributed by atoms with Crippen LogP contribution in [-0.2, 0) is 4.74 Å². The van der Waals surface area contributed by atoms with E-state index in [9.17, 15) is 9.59 Å². The number of hydrogen-bond donors (Lipinski definition) is 0. The standard InChI is InChI=1S/C17H14O4S/c1-10-7-13(11(2)22-10)14(18)9-20-17(19)16-8-12-5-3-4-6-15(12)21-16/h3-8H,9H2,1-2H3. The van der Waals surface area contributed by atoms with Crippen LogP contribution >= 0.6 is 11.3 Å². The molecule has 0 N–H and O–H groups in total. The first-order valence-electron chi connectivity index (χ1n) is 6.80. The third kappa shape index (κ3) is 2.80. The number of ether oxygens (including phenoxy) is 1. The number of esters is 1. The van der Waals surface area contributed by atoms with Gasteiger partial charge in [0.05, 0.1) is 0 Å². The lowest BCUT2D eigenvalue weighted by atomic mass is 10.2. The minimum absolute atomic E-state index is 0.104. The van der Waals surface area contributed by atoms with E-state index >= 15 is 0 Å². The van der Waals surface area contributed by atoms with Gasteiger partial charge >= 0.3 is 5.97 Å². The third-order valence-corrected chi connectivity index (χ3v) is 4.27. The van der Waals surface area contributed by atoms with Crippen molar-refractivity contribution in [3.8, 4) is 0 Å². The molecule has 1 aromatic carbocycles. The van der Waals surface area contributed by atoms with Crippen LogP contribution in [0.3, 0.4) is 0 Å². The molecule has 2 heterocycles. The number of aryl methyl sites for hydroxylation is 2. The lowest BCUT2D eigenvalue weighted by Gasteiger charge is -2.01. The summed E-state index contributed by atoms with van der Waals surface area (Å²) in [5.41, 5.74) is 1.23. The van der Waals surface area contributed by atoms with Crippen LogP contribution < -0.4 is 0 Å². The summed E-state index contributed by atoms with van der Waals surface area (Å²) in [4.78, 5) is 26.1. The molecule has 0 saturated heterocycles. The van der Waals surface area contributed by atoms with Gasteiger partial charge in [0, 0.05) is 20.7 Å². The van der Waals surface area contributed by atoms with Crippen molar-refractivity contribution < 1.29 is 18.7 Å².